The van der Waals surface area contributed by atoms with E-state index in [2.05, 4.69) is 46.7 Å². The van der Waals surface area contributed by atoms with Crippen molar-refractivity contribution in [2.75, 3.05) is 0 Å². The smallest absolute Gasteiger partial charge is 0.000668 e. The molecule has 0 heterocycles. The van der Waals surface area contributed by atoms with Crippen molar-refractivity contribution in [3.05, 3.63) is 17.0 Å². The molecule has 0 unspecified atom stereocenters. The summed E-state index contributed by atoms with van der Waals surface area (Å²) in [5.74, 6) is 2.83. The third-order valence-electron chi connectivity index (χ3n) is 0.183. The van der Waals surface area contributed by atoms with Gasteiger partial charge < -0.3 is 10.4 Å². The fourth-order valence-corrected chi connectivity index (χ4v) is 0. The first-order valence-electron chi connectivity index (χ1n) is 4.41. The molecule has 2 nitrogen and oxygen atoms in total. The maximum atomic E-state index is 9.22. The van der Waals surface area contributed by atoms with E-state index in [0.717, 1.165) is 0 Å². The van der Waals surface area contributed by atoms with Crippen LogP contribution >= 0.6 is 0 Å². The molecule has 0 aromatic rings. The normalized spacial score (nSPS) is 7.57. The zero-order chi connectivity index (χ0) is 11.4. The molecule has 0 aromatic heterocycles. The standard InChI is InChI=1S/2C4H9.C3H7NO.Ga/c2*1-4(2)3;1-3(2)4-5;/h2*1-3H3;5H,1-2H3;/p-1. The van der Waals surface area contributed by atoms with Crippen molar-refractivity contribution in [2.45, 2.75) is 55.4 Å². The third kappa shape index (κ3) is 337. The van der Waals surface area contributed by atoms with Crippen molar-refractivity contribution >= 4 is 25.5 Å². The average molecular weight is 256 g/mol. The third-order valence-corrected chi connectivity index (χ3v) is 0.183. The molecule has 0 aromatic carbocycles. The molecule has 0 atom stereocenters. The Morgan fingerprint density at radius 1 is 0.714 bits per heavy atom. The molecular formula is C11H24GaNO-. The summed E-state index contributed by atoms with van der Waals surface area (Å²) in [5.41, 5.74) is 0.574. The van der Waals surface area contributed by atoms with E-state index in [0.29, 0.717) is 5.71 Å². The summed E-state index contributed by atoms with van der Waals surface area (Å²) in [4.78, 5) is 0. The number of rotatable bonds is 0. The van der Waals surface area contributed by atoms with Gasteiger partial charge in [0.25, 0.3) is 0 Å². The van der Waals surface area contributed by atoms with E-state index in [-0.39, 0.29) is 19.8 Å². The Balaban J connectivity index is -0.0000000522. The minimum Gasteiger partial charge on any atom is -0.792 e. The Hall–Kier alpha value is 0.106. The van der Waals surface area contributed by atoms with Crippen molar-refractivity contribution in [3.63, 3.8) is 0 Å². The minimum atomic E-state index is 0. The molecule has 0 spiro atoms. The fraction of sp³-hybridized carbons (Fsp3) is 0.727. The number of nitrogens with zero attached hydrogens (tertiary/aromatic N) is 1. The van der Waals surface area contributed by atoms with Gasteiger partial charge in [-0.25, -0.2) is 0 Å². The molecule has 0 saturated carbocycles. The van der Waals surface area contributed by atoms with Gasteiger partial charge in [0.05, 0.1) is 0 Å². The van der Waals surface area contributed by atoms with Gasteiger partial charge in [-0.2, -0.15) is 0 Å². The van der Waals surface area contributed by atoms with Crippen LogP contribution in [0, 0.1) is 17.0 Å². The summed E-state index contributed by atoms with van der Waals surface area (Å²) in [7, 11) is 0. The second kappa shape index (κ2) is 18.8. The molecular weight excluding hydrogens is 232 g/mol. The molecule has 0 bridgehead atoms. The van der Waals surface area contributed by atoms with Gasteiger partial charge in [-0.1, -0.05) is 41.5 Å². The van der Waals surface area contributed by atoms with Gasteiger partial charge in [-0.15, -0.1) is 0 Å². The Morgan fingerprint density at radius 3 is 0.786 bits per heavy atom. The minimum absolute atomic E-state index is 0. The van der Waals surface area contributed by atoms with Crippen molar-refractivity contribution in [1.29, 1.82) is 0 Å². The van der Waals surface area contributed by atoms with Crippen LogP contribution in [0.4, 0.5) is 0 Å². The van der Waals surface area contributed by atoms with Crippen LogP contribution in [-0.2, 0) is 0 Å². The van der Waals surface area contributed by atoms with Crippen LogP contribution < -0.4 is 0 Å². The Morgan fingerprint density at radius 2 is 0.786 bits per heavy atom. The van der Waals surface area contributed by atoms with Crippen LogP contribution in [0.15, 0.2) is 5.16 Å². The average Bonchev–Trinajstić information content (AvgIpc) is 1.84. The van der Waals surface area contributed by atoms with E-state index < -0.39 is 0 Å². The number of hydrogen-bond donors (Lipinski definition) is 0. The first kappa shape index (κ1) is 23.7. The summed E-state index contributed by atoms with van der Waals surface area (Å²) in [6, 6.07) is 0. The summed E-state index contributed by atoms with van der Waals surface area (Å²) in [5, 5.41) is 11.8. The van der Waals surface area contributed by atoms with Gasteiger partial charge in [0.15, 0.2) is 0 Å². The Kier molecular flexibility index (Phi) is 31.9. The zero-order valence-electron chi connectivity index (χ0n) is 10.9. The van der Waals surface area contributed by atoms with Crippen LogP contribution in [0.5, 0.6) is 0 Å². The van der Waals surface area contributed by atoms with Crippen LogP contribution in [0.3, 0.4) is 0 Å². The predicted molar refractivity (Wildman–Crippen MR) is 68.4 cm³/mol. The van der Waals surface area contributed by atoms with Gasteiger partial charge in [-0.3, -0.25) is 0 Å². The first-order valence-corrected chi connectivity index (χ1v) is 4.41. The Bertz CT molecular complexity index is 96.3. The maximum Gasteiger partial charge on any atom is 0.000668 e. The topological polar surface area (TPSA) is 35.4 Å². The molecule has 0 saturated heterocycles. The van der Waals surface area contributed by atoms with E-state index >= 15 is 0 Å². The van der Waals surface area contributed by atoms with E-state index in [4.69, 9.17) is 0 Å². The van der Waals surface area contributed by atoms with Crippen molar-refractivity contribution in [2.24, 2.45) is 5.16 Å². The summed E-state index contributed by atoms with van der Waals surface area (Å²) in [6.45, 7) is 15.8. The van der Waals surface area contributed by atoms with Crippen LogP contribution in [-0.4, -0.2) is 25.5 Å². The fourth-order valence-electron chi connectivity index (χ4n) is 0. The van der Waals surface area contributed by atoms with Crippen LogP contribution in [0.1, 0.15) is 55.4 Å². The largest absolute Gasteiger partial charge is 0.792 e. The van der Waals surface area contributed by atoms with Gasteiger partial charge >= 0.3 is 0 Å². The molecule has 83 valence electrons. The molecule has 14 heavy (non-hydrogen) atoms. The molecule has 0 N–H and O–H groups in total. The molecule has 0 aliphatic rings. The molecule has 0 rings (SSSR count). The quantitative estimate of drug-likeness (QED) is 0.368. The summed E-state index contributed by atoms with van der Waals surface area (Å²) >= 11 is 0. The zero-order valence-corrected chi connectivity index (χ0v) is 13.4. The predicted octanol–water partition coefficient (Wildman–Crippen LogP) is 3.83. The second-order valence-corrected chi connectivity index (χ2v) is 4.04. The Labute approximate surface area is 103 Å². The van der Waals surface area contributed by atoms with Gasteiger partial charge in [-0.05, 0) is 25.7 Å². The molecule has 0 amide bonds. The van der Waals surface area contributed by atoms with E-state index in [9.17, 15) is 5.21 Å². The van der Waals surface area contributed by atoms with Crippen molar-refractivity contribution in [1.82, 2.24) is 0 Å². The molecule has 0 aliphatic carbocycles. The summed E-state index contributed by atoms with van der Waals surface area (Å²) in [6.07, 6.45) is 0. The molecule has 3 heteroatoms. The summed E-state index contributed by atoms with van der Waals surface area (Å²) < 4.78 is 0. The van der Waals surface area contributed by atoms with Gasteiger partial charge in [0.1, 0.15) is 0 Å². The van der Waals surface area contributed by atoms with Gasteiger partial charge in [0, 0.05) is 25.5 Å². The van der Waals surface area contributed by atoms with Crippen LogP contribution in [0.25, 0.3) is 0 Å². The monoisotopic (exact) mass is 255 g/mol. The van der Waals surface area contributed by atoms with E-state index in [1.54, 1.807) is 13.8 Å². The van der Waals surface area contributed by atoms with Crippen molar-refractivity contribution in [3.8, 4) is 0 Å². The van der Waals surface area contributed by atoms with E-state index in [1.807, 2.05) is 0 Å². The maximum absolute atomic E-state index is 9.22. The van der Waals surface area contributed by atoms with Crippen molar-refractivity contribution < 1.29 is 0 Å². The molecule has 0 fully saturated rings. The molecule has 0 aliphatic heterocycles. The SMILES string of the molecule is CC(C)=N[O-].C[C](C)C.C[C](C)C.[Ga]. The van der Waals surface area contributed by atoms with Gasteiger partial charge in [0.2, 0.25) is 0 Å². The first-order chi connectivity index (χ1) is 5.73. The second-order valence-electron chi connectivity index (χ2n) is 4.04. The molecule has 5 radical (unpaired) electrons. The van der Waals surface area contributed by atoms with E-state index in [1.165, 1.54) is 11.8 Å². The number of hydrogen-bond acceptors (Lipinski definition) is 2. The van der Waals surface area contributed by atoms with Crippen LogP contribution in [0.2, 0.25) is 0 Å².